The van der Waals surface area contributed by atoms with Crippen LogP contribution in [-0.4, -0.2) is 43.6 Å². The number of rotatable bonds is 8. The number of anilines is 2. The highest BCUT2D eigenvalue weighted by Gasteiger charge is 2.52. The van der Waals surface area contributed by atoms with Crippen molar-refractivity contribution in [2.75, 3.05) is 30.9 Å². The summed E-state index contributed by atoms with van der Waals surface area (Å²) in [6.45, 7) is 4.88. The fourth-order valence-electron chi connectivity index (χ4n) is 6.22. The van der Waals surface area contributed by atoms with Gasteiger partial charge in [0.05, 0.1) is 7.11 Å². The van der Waals surface area contributed by atoms with Crippen LogP contribution in [0.4, 0.5) is 15.8 Å². The van der Waals surface area contributed by atoms with Crippen LogP contribution in [0.5, 0.6) is 5.75 Å². The Hall–Kier alpha value is -3.64. The third-order valence-corrected chi connectivity index (χ3v) is 7.94. The smallest absolute Gasteiger partial charge is 0.258 e. The zero-order valence-corrected chi connectivity index (χ0v) is 21.5. The molecule has 3 aromatic rings. The maximum absolute atomic E-state index is 13.7. The van der Waals surface area contributed by atoms with Crippen LogP contribution >= 0.6 is 0 Å². The molecule has 2 bridgehead atoms. The zero-order valence-electron chi connectivity index (χ0n) is 21.5. The quantitative estimate of drug-likeness (QED) is 0.373. The molecule has 5 nitrogen and oxygen atoms in total. The third kappa shape index (κ3) is 4.86. The molecule has 2 aliphatic heterocycles. The van der Waals surface area contributed by atoms with Crippen molar-refractivity contribution in [1.29, 1.82) is 0 Å². The molecule has 1 N–H and O–H groups in total. The number of ether oxygens (including phenoxy) is 1. The van der Waals surface area contributed by atoms with E-state index >= 15 is 0 Å². The molecule has 1 amide bonds. The summed E-state index contributed by atoms with van der Waals surface area (Å²) in [5.74, 6) is 0.329. The van der Waals surface area contributed by atoms with E-state index in [-0.39, 0.29) is 23.3 Å². The fraction of sp³-hybridized carbons (Fsp3) is 0.323. The molecule has 6 heteroatoms. The monoisotopic (exact) mass is 499 g/mol. The highest BCUT2D eigenvalue weighted by Crippen LogP contribution is 2.51. The van der Waals surface area contributed by atoms with Crippen LogP contribution < -0.4 is 15.0 Å². The van der Waals surface area contributed by atoms with E-state index in [9.17, 15) is 9.18 Å². The van der Waals surface area contributed by atoms with Gasteiger partial charge in [0.25, 0.3) is 5.91 Å². The van der Waals surface area contributed by atoms with E-state index in [2.05, 4.69) is 35.0 Å². The van der Waals surface area contributed by atoms with Gasteiger partial charge in [0.15, 0.2) is 0 Å². The third-order valence-electron chi connectivity index (χ3n) is 7.94. The zero-order chi connectivity index (χ0) is 26.0. The number of piperidine rings is 1. The van der Waals surface area contributed by atoms with E-state index in [0.29, 0.717) is 17.3 Å². The number of benzene rings is 3. The molecule has 192 valence electrons. The first-order valence-corrected chi connectivity index (χ1v) is 12.9. The van der Waals surface area contributed by atoms with Crippen LogP contribution in [0.15, 0.2) is 85.5 Å². The van der Waals surface area contributed by atoms with Crippen molar-refractivity contribution >= 4 is 17.3 Å². The van der Waals surface area contributed by atoms with Crippen molar-refractivity contribution in [2.24, 2.45) is 0 Å². The molecule has 0 aliphatic carbocycles. The summed E-state index contributed by atoms with van der Waals surface area (Å²) in [4.78, 5) is 17.3. The Morgan fingerprint density at radius 3 is 2.78 bits per heavy atom. The number of halogens is 1. The van der Waals surface area contributed by atoms with Crippen molar-refractivity contribution in [3.8, 4) is 5.75 Å². The fourth-order valence-corrected chi connectivity index (χ4v) is 6.22. The first-order valence-electron chi connectivity index (χ1n) is 12.9. The summed E-state index contributed by atoms with van der Waals surface area (Å²) in [5, 5.41) is 3.74. The molecule has 5 rings (SSSR count). The average molecular weight is 500 g/mol. The van der Waals surface area contributed by atoms with Gasteiger partial charge in [-0.05, 0) is 79.8 Å². The van der Waals surface area contributed by atoms with Crippen molar-refractivity contribution in [3.63, 3.8) is 0 Å². The van der Waals surface area contributed by atoms with E-state index in [1.807, 2.05) is 30.3 Å². The lowest BCUT2D eigenvalue weighted by Gasteiger charge is -2.48. The van der Waals surface area contributed by atoms with Gasteiger partial charge in [-0.1, -0.05) is 30.3 Å². The van der Waals surface area contributed by atoms with Crippen molar-refractivity contribution in [1.82, 2.24) is 4.90 Å². The number of hydrogen-bond acceptors (Lipinski definition) is 4. The van der Waals surface area contributed by atoms with Crippen LogP contribution in [0.2, 0.25) is 0 Å². The van der Waals surface area contributed by atoms with Gasteiger partial charge in [-0.25, -0.2) is 4.39 Å². The number of nitrogens with one attached hydrogen (secondary N) is 1. The number of fused-ring (bicyclic) bond motifs is 2. The van der Waals surface area contributed by atoms with E-state index in [0.717, 1.165) is 43.7 Å². The average Bonchev–Trinajstić information content (AvgIpc) is 3.13. The molecule has 0 radical (unpaired) electrons. The molecule has 37 heavy (non-hydrogen) atoms. The first-order chi connectivity index (χ1) is 17.9. The Bertz CT molecular complexity index is 1290. The Balaban J connectivity index is 1.38. The van der Waals surface area contributed by atoms with Gasteiger partial charge in [-0.2, -0.15) is 0 Å². The van der Waals surface area contributed by atoms with Crippen LogP contribution in [0.3, 0.4) is 0 Å². The topological polar surface area (TPSA) is 44.8 Å². The largest absolute Gasteiger partial charge is 0.497 e. The number of amides is 1. The Morgan fingerprint density at radius 2 is 2.00 bits per heavy atom. The van der Waals surface area contributed by atoms with Gasteiger partial charge in [-0.3, -0.25) is 9.69 Å². The number of nitrogens with zero attached hydrogens (tertiary/aromatic N) is 2. The minimum absolute atomic E-state index is 0.0889. The highest BCUT2D eigenvalue weighted by molar-refractivity contribution is 6.06. The minimum atomic E-state index is -0.366. The van der Waals surface area contributed by atoms with Crippen LogP contribution in [0, 0.1) is 5.82 Å². The van der Waals surface area contributed by atoms with E-state index in [1.165, 1.54) is 22.6 Å². The SMILES string of the molecule is C=CCN1C2CCC1(c1cccc(OC)c1)CC(Nc1cccc(C(=O)N(C)c3cccc(F)c3)c1)C2. The van der Waals surface area contributed by atoms with E-state index < -0.39 is 0 Å². The molecule has 3 unspecified atom stereocenters. The van der Waals surface area contributed by atoms with E-state index in [1.54, 1.807) is 32.4 Å². The normalized spacial score (nSPS) is 22.9. The molecule has 2 aliphatic rings. The molecule has 2 heterocycles. The van der Waals surface area contributed by atoms with Crippen LogP contribution in [-0.2, 0) is 5.54 Å². The molecule has 0 saturated carbocycles. The molecule has 3 atom stereocenters. The lowest BCUT2D eigenvalue weighted by molar-refractivity contribution is 0.0568. The van der Waals surface area contributed by atoms with Gasteiger partial charge in [-0.15, -0.1) is 6.58 Å². The summed E-state index contributed by atoms with van der Waals surface area (Å²) in [5.41, 5.74) is 3.19. The first kappa shape index (κ1) is 25.0. The predicted molar refractivity (Wildman–Crippen MR) is 147 cm³/mol. The van der Waals surface area contributed by atoms with Gasteiger partial charge in [0, 0.05) is 48.2 Å². The summed E-state index contributed by atoms with van der Waals surface area (Å²) < 4.78 is 19.2. The Labute approximate surface area is 218 Å². The molecular formula is C31H34FN3O2. The standard InChI is InChI=1S/C31H34FN3O2/c1-4-16-35-28-14-15-31(35,23-9-6-13-29(18-23)37-3)21-26(20-28)33-25-11-5-8-22(17-25)30(36)34(2)27-12-7-10-24(32)19-27/h4-13,17-19,26,28,33H,1,14-16,20-21H2,2-3H3. The number of methoxy groups -OCH3 is 1. The number of carbonyl (C=O) groups excluding carboxylic acids is 1. The summed E-state index contributed by atoms with van der Waals surface area (Å²) >= 11 is 0. The number of hydrogen-bond donors (Lipinski definition) is 1. The molecule has 2 fully saturated rings. The van der Waals surface area contributed by atoms with Gasteiger partial charge in [0.1, 0.15) is 11.6 Å². The maximum atomic E-state index is 13.7. The second kappa shape index (κ2) is 10.4. The Morgan fingerprint density at radius 1 is 1.19 bits per heavy atom. The Kier molecular flexibility index (Phi) is 7.02. The highest BCUT2D eigenvalue weighted by atomic mass is 19.1. The second-order valence-corrected chi connectivity index (χ2v) is 10.1. The summed E-state index contributed by atoms with van der Waals surface area (Å²) in [7, 11) is 3.38. The second-order valence-electron chi connectivity index (χ2n) is 10.1. The van der Waals surface area contributed by atoms with Crippen LogP contribution in [0.25, 0.3) is 0 Å². The van der Waals surface area contributed by atoms with Crippen molar-refractivity contribution in [3.05, 3.63) is 102 Å². The van der Waals surface area contributed by atoms with Gasteiger partial charge in [0.2, 0.25) is 0 Å². The summed E-state index contributed by atoms with van der Waals surface area (Å²) in [6, 6.07) is 22.8. The minimum Gasteiger partial charge on any atom is -0.497 e. The molecule has 2 saturated heterocycles. The van der Waals surface area contributed by atoms with Crippen molar-refractivity contribution in [2.45, 2.75) is 43.3 Å². The summed E-state index contributed by atoms with van der Waals surface area (Å²) in [6.07, 6.45) is 6.21. The van der Waals surface area contributed by atoms with Gasteiger partial charge >= 0.3 is 0 Å². The lowest BCUT2D eigenvalue weighted by Crippen LogP contribution is -2.53. The maximum Gasteiger partial charge on any atom is 0.258 e. The van der Waals surface area contributed by atoms with Crippen LogP contribution in [0.1, 0.15) is 41.6 Å². The van der Waals surface area contributed by atoms with Crippen molar-refractivity contribution < 1.29 is 13.9 Å². The molecule has 0 spiro atoms. The van der Waals surface area contributed by atoms with Gasteiger partial charge < -0.3 is 15.0 Å². The molecule has 0 aromatic heterocycles. The number of carbonyl (C=O) groups is 1. The molecular weight excluding hydrogens is 465 g/mol. The molecule has 3 aromatic carbocycles. The lowest BCUT2D eigenvalue weighted by atomic mass is 9.79. The van der Waals surface area contributed by atoms with E-state index in [4.69, 9.17) is 4.74 Å². The predicted octanol–water partition coefficient (Wildman–Crippen LogP) is 6.23.